The molecule has 0 saturated heterocycles. The fraction of sp³-hybridized carbons (Fsp3) is 0.467. The fourth-order valence-corrected chi connectivity index (χ4v) is 2.65. The summed E-state index contributed by atoms with van der Waals surface area (Å²) in [6.07, 6.45) is 0.740. The summed E-state index contributed by atoms with van der Waals surface area (Å²) in [6, 6.07) is 7.27. The maximum absolute atomic E-state index is 11.9. The van der Waals surface area contributed by atoms with Gasteiger partial charge in [-0.05, 0) is 12.1 Å². The normalized spacial score (nSPS) is 11.6. The van der Waals surface area contributed by atoms with Crippen LogP contribution in [0.25, 0.3) is 0 Å². The molecule has 5 nitrogen and oxygen atoms in total. The SMILES string of the molecule is COC(=O)CC(C)SCCC(=O)Nc1ccccc1OC. The number of methoxy groups -OCH3 is 2. The summed E-state index contributed by atoms with van der Waals surface area (Å²) in [7, 11) is 2.94. The van der Waals surface area contributed by atoms with Crippen molar-refractivity contribution in [3.05, 3.63) is 24.3 Å². The van der Waals surface area contributed by atoms with E-state index in [9.17, 15) is 9.59 Å². The molecule has 0 aliphatic carbocycles. The molecule has 0 fully saturated rings. The van der Waals surface area contributed by atoms with E-state index in [4.69, 9.17) is 4.74 Å². The van der Waals surface area contributed by atoms with Crippen LogP contribution in [0.2, 0.25) is 0 Å². The van der Waals surface area contributed by atoms with Crippen molar-refractivity contribution in [1.82, 2.24) is 0 Å². The predicted octanol–water partition coefficient (Wildman–Crippen LogP) is 2.71. The first kappa shape index (κ1) is 17.4. The third kappa shape index (κ3) is 6.53. The van der Waals surface area contributed by atoms with Gasteiger partial charge in [-0.15, -0.1) is 0 Å². The molecular weight excluding hydrogens is 290 g/mol. The minimum Gasteiger partial charge on any atom is -0.495 e. The molecule has 1 rings (SSSR count). The van der Waals surface area contributed by atoms with Gasteiger partial charge in [0.1, 0.15) is 5.75 Å². The van der Waals surface area contributed by atoms with Crippen molar-refractivity contribution in [3.8, 4) is 5.75 Å². The molecule has 0 aliphatic rings. The summed E-state index contributed by atoms with van der Waals surface area (Å²) in [4.78, 5) is 23.0. The third-order valence-corrected chi connectivity index (χ3v) is 3.97. The molecule has 0 aromatic heterocycles. The van der Waals surface area contributed by atoms with E-state index in [2.05, 4.69) is 10.1 Å². The lowest BCUT2D eigenvalue weighted by Gasteiger charge is -2.11. The molecule has 0 bridgehead atoms. The van der Waals surface area contributed by atoms with E-state index >= 15 is 0 Å². The van der Waals surface area contributed by atoms with Crippen molar-refractivity contribution in [3.63, 3.8) is 0 Å². The smallest absolute Gasteiger partial charge is 0.306 e. The van der Waals surface area contributed by atoms with Gasteiger partial charge in [-0.1, -0.05) is 19.1 Å². The molecule has 0 aliphatic heterocycles. The van der Waals surface area contributed by atoms with Crippen LogP contribution in [0.3, 0.4) is 0 Å². The van der Waals surface area contributed by atoms with Gasteiger partial charge in [0.2, 0.25) is 5.91 Å². The topological polar surface area (TPSA) is 64.6 Å². The molecule has 0 spiro atoms. The number of benzene rings is 1. The van der Waals surface area contributed by atoms with Gasteiger partial charge in [-0.2, -0.15) is 11.8 Å². The van der Waals surface area contributed by atoms with Crippen LogP contribution in [0, 0.1) is 0 Å². The second-order valence-electron chi connectivity index (χ2n) is 4.46. The van der Waals surface area contributed by atoms with Crippen LogP contribution in [0.5, 0.6) is 5.75 Å². The molecule has 1 atom stereocenters. The standard InChI is InChI=1S/C15H21NO4S/c1-11(10-15(18)20-3)21-9-8-14(17)16-12-6-4-5-7-13(12)19-2/h4-7,11H,8-10H2,1-3H3,(H,16,17). The monoisotopic (exact) mass is 311 g/mol. The Bertz CT molecular complexity index is 478. The first-order valence-electron chi connectivity index (χ1n) is 6.68. The molecule has 6 heteroatoms. The number of nitrogens with one attached hydrogen (secondary N) is 1. The number of hydrogen-bond acceptors (Lipinski definition) is 5. The van der Waals surface area contributed by atoms with E-state index in [1.54, 1.807) is 31.0 Å². The lowest BCUT2D eigenvalue weighted by Crippen LogP contribution is -2.14. The first-order valence-corrected chi connectivity index (χ1v) is 7.73. The van der Waals surface area contributed by atoms with Crippen molar-refractivity contribution < 1.29 is 19.1 Å². The van der Waals surface area contributed by atoms with E-state index in [0.29, 0.717) is 30.0 Å². The summed E-state index contributed by atoms with van der Waals surface area (Å²) in [6.45, 7) is 1.94. The molecular formula is C15H21NO4S. The number of anilines is 1. The zero-order valence-corrected chi connectivity index (χ0v) is 13.4. The minimum absolute atomic E-state index is 0.0720. The Labute approximate surface area is 129 Å². The van der Waals surface area contributed by atoms with Gasteiger partial charge in [0, 0.05) is 17.4 Å². The number of amides is 1. The van der Waals surface area contributed by atoms with Gasteiger partial charge in [0.15, 0.2) is 0 Å². The number of rotatable bonds is 8. The van der Waals surface area contributed by atoms with Crippen LogP contribution in [0.1, 0.15) is 19.8 Å². The Balaban J connectivity index is 2.33. The highest BCUT2D eigenvalue weighted by Gasteiger charge is 2.11. The Morgan fingerprint density at radius 3 is 2.67 bits per heavy atom. The van der Waals surface area contributed by atoms with E-state index in [1.165, 1.54) is 7.11 Å². The van der Waals surface area contributed by atoms with Crippen LogP contribution in [0.4, 0.5) is 5.69 Å². The highest BCUT2D eigenvalue weighted by molar-refractivity contribution is 7.99. The Hall–Kier alpha value is -1.69. The van der Waals surface area contributed by atoms with Gasteiger partial charge in [-0.25, -0.2) is 0 Å². The number of thioether (sulfide) groups is 1. The van der Waals surface area contributed by atoms with Crippen LogP contribution in [-0.2, 0) is 14.3 Å². The quantitative estimate of drug-likeness (QED) is 0.748. The summed E-state index contributed by atoms with van der Waals surface area (Å²) >= 11 is 1.58. The summed E-state index contributed by atoms with van der Waals surface area (Å²) in [5.41, 5.74) is 0.664. The number of para-hydroxylation sites is 2. The summed E-state index contributed by atoms with van der Waals surface area (Å²) in [5.74, 6) is 0.988. The highest BCUT2D eigenvalue weighted by atomic mass is 32.2. The van der Waals surface area contributed by atoms with Gasteiger partial charge in [-0.3, -0.25) is 9.59 Å². The number of hydrogen-bond donors (Lipinski definition) is 1. The van der Waals surface area contributed by atoms with Crippen molar-refractivity contribution in [2.24, 2.45) is 0 Å². The maximum atomic E-state index is 11.9. The second-order valence-corrected chi connectivity index (χ2v) is 6.01. The van der Waals surface area contributed by atoms with Gasteiger partial charge < -0.3 is 14.8 Å². The molecule has 1 aromatic carbocycles. The maximum Gasteiger partial charge on any atom is 0.306 e. The molecule has 0 radical (unpaired) electrons. The molecule has 0 saturated carbocycles. The summed E-state index contributed by atoms with van der Waals surface area (Å²) < 4.78 is 9.78. The summed E-state index contributed by atoms with van der Waals surface area (Å²) in [5, 5.41) is 2.95. The van der Waals surface area contributed by atoms with Gasteiger partial charge in [0.05, 0.1) is 26.3 Å². The number of ether oxygens (including phenoxy) is 2. The number of esters is 1. The number of carbonyl (C=O) groups excluding carboxylic acids is 2. The molecule has 1 unspecified atom stereocenters. The van der Waals surface area contributed by atoms with Crippen molar-refractivity contribution in [2.75, 3.05) is 25.3 Å². The molecule has 1 N–H and O–H groups in total. The molecule has 1 amide bonds. The number of carbonyl (C=O) groups is 2. The van der Waals surface area contributed by atoms with Crippen LogP contribution in [-0.4, -0.2) is 37.1 Å². The predicted molar refractivity (Wildman–Crippen MR) is 84.8 cm³/mol. The Kier molecular flexibility index (Phi) is 7.68. The molecule has 116 valence electrons. The van der Waals surface area contributed by atoms with Crippen molar-refractivity contribution >= 4 is 29.3 Å². The third-order valence-electron chi connectivity index (χ3n) is 2.79. The first-order chi connectivity index (χ1) is 10.1. The van der Waals surface area contributed by atoms with Gasteiger partial charge in [0.25, 0.3) is 0 Å². The second kappa shape index (κ2) is 9.28. The van der Waals surface area contributed by atoms with Crippen molar-refractivity contribution in [1.29, 1.82) is 0 Å². The lowest BCUT2D eigenvalue weighted by atomic mass is 10.3. The average molecular weight is 311 g/mol. The van der Waals surface area contributed by atoms with E-state index in [-0.39, 0.29) is 17.1 Å². The molecule has 21 heavy (non-hydrogen) atoms. The Morgan fingerprint density at radius 1 is 1.29 bits per heavy atom. The van der Waals surface area contributed by atoms with Crippen molar-refractivity contribution in [2.45, 2.75) is 25.0 Å². The van der Waals surface area contributed by atoms with Gasteiger partial charge >= 0.3 is 5.97 Å². The average Bonchev–Trinajstić information content (AvgIpc) is 2.47. The lowest BCUT2D eigenvalue weighted by molar-refractivity contribution is -0.140. The zero-order valence-electron chi connectivity index (χ0n) is 12.5. The highest BCUT2D eigenvalue weighted by Crippen LogP contribution is 2.23. The largest absolute Gasteiger partial charge is 0.495 e. The fourth-order valence-electron chi connectivity index (χ4n) is 1.69. The van der Waals surface area contributed by atoms with E-state index < -0.39 is 0 Å². The van der Waals surface area contributed by atoms with E-state index in [1.807, 2.05) is 19.1 Å². The minimum atomic E-state index is -0.228. The van der Waals surface area contributed by atoms with Crippen LogP contribution in [0.15, 0.2) is 24.3 Å². The van der Waals surface area contributed by atoms with Crippen LogP contribution < -0.4 is 10.1 Å². The Morgan fingerprint density at radius 2 is 2.00 bits per heavy atom. The molecule has 1 aromatic rings. The zero-order chi connectivity index (χ0) is 15.7. The van der Waals surface area contributed by atoms with Crippen LogP contribution >= 0.6 is 11.8 Å². The molecule has 0 heterocycles. The van der Waals surface area contributed by atoms with E-state index in [0.717, 1.165) is 0 Å².